The summed E-state index contributed by atoms with van der Waals surface area (Å²) in [6.07, 6.45) is 10.8. The average Bonchev–Trinajstić information content (AvgIpc) is 2.74. The van der Waals surface area contributed by atoms with Crippen molar-refractivity contribution in [1.29, 1.82) is 0 Å². The average molecular weight is 303 g/mol. The Hall–Kier alpha value is -1.60. The maximum atomic E-state index is 4.15. The first-order valence-electron chi connectivity index (χ1n) is 9.32. The number of benzene rings is 2. The topological polar surface area (TPSA) is 12.0 Å². The molecule has 2 aliphatic carbocycles. The van der Waals surface area contributed by atoms with Gasteiger partial charge in [-0.2, -0.15) is 0 Å². The lowest BCUT2D eigenvalue weighted by molar-refractivity contribution is 0.0173. The monoisotopic (exact) mass is 303 g/mol. The fourth-order valence-corrected chi connectivity index (χ4v) is 5.51. The molecule has 2 unspecified atom stereocenters. The molecule has 1 saturated carbocycles. The third-order valence-electron chi connectivity index (χ3n) is 6.46. The van der Waals surface area contributed by atoms with E-state index in [1.165, 1.54) is 62.5 Å². The maximum absolute atomic E-state index is 4.15. The van der Waals surface area contributed by atoms with Crippen LogP contribution in [-0.4, -0.2) is 0 Å². The van der Waals surface area contributed by atoms with Crippen LogP contribution in [0.3, 0.4) is 0 Å². The van der Waals surface area contributed by atoms with Crippen LogP contribution >= 0.6 is 0 Å². The van der Waals surface area contributed by atoms with Crippen molar-refractivity contribution in [3.8, 4) is 11.1 Å². The maximum Gasteiger partial charge on any atom is 0.0468 e. The van der Waals surface area contributed by atoms with E-state index in [9.17, 15) is 0 Å². The van der Waals surface area contributed by atoms with Gasteiger partial charge in [0.2, 0.25) is 0 Å². The summed E-state index contributed by atoms with van der Waals surface area (Å²) < 4.78 is 0. The molecule has 2 bridgehead atoms. The molecule has 2 atom stereocenters. The van der Waals surface area contributed by atoms with E-state index >= 15 is 0 Å². The lowest BCUT2D eigenvalue weighted by atomic mass is 9.62. The molecule has 0 amide bonds. The molecule has 2 heterocycles. The van der Waals surface area contributed by atoms with E-state index in [1.807, 2.05) is 0 Å². The van der Waals surface area contributed by atoms with Crippen LogP contribution in [0.2, 0.25) is 0 Å². The van der Waals surface area contributed by atoms with Gasteiger partial charge in [-0.05, 0) is 41.5 Å². The summed E-state index contributed by atoms with van der Waals surface area (Å²) in [7, 11) is 0. The smallest absolute Gasteiger partial charge is 0.0468 e. The number of nitrogens with one attached hydrogen (secondary N) is 1. The summed E-state index contributed by atoms with van der Waals surface area (Å²) >= 11 is 0. The van der Waals surface area contributed by atoms with Gasteiger partial charge >= 0.3 is 0 Å². The summed E-state index contributed by atoms with van der Waals surface area (Å²) in [4.78, 5) is 0. The minimum Gasteiger partial charge on any atom is -0.298 e. The quantitative estimate of drug-likeness (QED) is 0.678. The molecule has 118 valence electrons. The van der Waals surface area contributed by atoms with E-state index < -0.39 is 0 Å². The molecule has 0 spiro atoms. The summed E-state index contributed by atoms with van der Waals surface area (Å²) in [6.45, 7) is 0. The van der Waals surface area contributed by atoms with Crippen molar-refractivity contribution >= 4 is 0 Å². The molecule has 1 saturated heterocycles. The van der Waals surface area contributed by atoms with E-state index in [4.69, 9.17) is 0 Å². The van der Waals surface area contributed by atoms with Crippen LogP contribution in [0.15, 0.2) is 48.5 Å². The zero-order valence-corrected chi connectivity index (χ0v) is 13.8. The highest BCUT2D eigenvalue weighted by molar-refractivity contribution is 5.76. The van der Waals surface area contributed by atoms with Gasteiger partial charge in [0.1, 0.15) is 0 Å². The largest absolute Gasteiger partial charge is 0.298 e. The molecule has 1 N–H and O–H groups in total. The van der Waals surface area contributed by atoms with Crippen LogP contribution in [0.4, 0.5) is 0 Å². The first-order valence-corrected chi connectivity index (χ1v) is 9.32. The van der Waals surface area contributed by atoms with Gasteiger partial charge in [0, 0.05) is 11.1 Å². The Morgan fingerprint density at radius 1 is 0.609 bits per heavy atom. The summed E-state index contributed by atoms with van der Waals surface area (Å²) in [5.74, 6) is 0. The van der Waals surface area contributed by atoms with E-state index in [0.717, 1.165) is 0 Å². The van der Waals surface area contributed by atoms with E-state index in [1.54, 1.807) is 11.1 Å². The number of hydrogen-bond acceptors (Lipinski definition) is 1. The first-order chi connectivity index (χ1) is 11.3. The third-order valence-corrected chi connectivity index (χ3v) is 6.46. The third kappa shape index (κ3) is 1.89. The Morgan fingerprint density at radius 3 is 1.57 bits per heavy atom. The van der Waals surface area contributed by atoms with Crippen molar-refractivity contribution in [1.82, 2.24) is 5.32 Å². The second-order valence-corrected chi connectivity index (χ2v) is 7.82. The van der Waals surface area contributed by atoms with Gasteiger partial charge < -0.3 is 0 Å². The van der Waals surface area contributed by atoms with Crippen LogP contribution < -0.4 is 5.32 Å². The molecule has 4 aliphatic rings. The Bertz CT molecular complexity index is 678. The fourth-order valence-electron chi connectivity index (χ4n) is 5.51. The second-order valence-electron chi connectivity index (χ2n) is 7.82. The molecular weight excluding hydrogens is 278 g/mol. The molecule has 23 heavy (non-hydrogen) atoms. The molecule has 2 aromatic carbocycles. The minimum atomic E-state index is 0.215. The highest BCUT2D eigenvalue weighted by atomic mass is 15.2. The van der Waals surface area contributed by atoms with Crippen molar-refractivity contribution < 1.29 is 0 Å². The fraction of sp³-hybridized carbons (Fsp3) is 0.455. The Morgan fingerprint density at radius 2 is 1.04 bits per heavy atom. The first kappa shape index (κ1) is 13.8. The molecule has 0 aromatic heterocycles. The minimum absolute atomic E-state index is 0.215. The van der Waals surface area contributed by atoms with Crippen molar-refractivity contribution in [2.75, 3.05) is 0 Å². The van der Waals surface area contributed by atoms with Crippen LogP contribution in [0.1, 0.15) is 62.5 Å². The van der Waals surface area contributed by atoms with Gasteiger partial charge in [0.15, 0.2) is 0 Å². The Labute approximate surface area is 139 Å². The van der Waals surface area contributed by atoms with Crippen LogP contribution in [0, 0.1) is 0 Å². The van der Waals surface area contributed by atoms with Crippen LogP contribution in [-0.2, 0) is 11.1 Å². The highest BCUT2D eigenvalue weighted by Gasteiger charge is 2.57. The van der Waals surface area contributed by atoms with Crippen LogP contribution in [0.25, 0.3) is 11.1 Å². The van der Waals surface area contributed by atoms with Crippen molar-refractivity contribution in [2.45, 2.75) is 62.4 Å². The van der Waals surface area contributed by atoms with E-state index in [2.05, 4.69) is 53.8 Å². The van der Waals surface area contributed by atoms with Crippen molar-refractivity contribution in [3.63, 3.8) is 0 Å². The van der Waals surface area contributed by atoms with Gasteiger partial charge in [-0.3, -0.25) is 5.32 Å². The normalized spacial score (nSPS) is 32.0. The zero-order chi connectivity index (χ0) is 15.3. The number of rotatable bonds is 0. The molecule has 2 aliphatic heterocycles. The molecule has 2 fully saturated rings. The Kier molecular flexibility index (Phi) is 2.97. The van der Waals surface area contributed by atoms with Crippen molar-refractivity contribution in [2.24, 2.45) is 0 Å². The van der Waals surface area contributed by atoms with Gasteiger partial charge in [-0.25, -0.2) is 0 Å². The highest BCUT2D eigenvalue weighted by Crippen LogP contribution is 2.59. The predicted octanol–water partition coefficient (Wildman–Crippen LogP) is 5.50. The van der Waals surface area contributed by atoms with E-state index in [-0.39, 0.29) is 11.1 Å². The SMILES string of the molecule is c1ccc2c(c1)-c1ccccc1C13CCCCCCCC2(C1)N3. The molecular formula is C22H25N. The lowest BCUT2D eigenvalue weighted by Gasteiger charge is -2.58. The number of hydrogen-bond donors (Lipinski definition) is 1. The van der Waals surface area contributed by atoms with Crippen LogP contribution in [0.5, 0.6) is 0 Å². The summed E-state index contributed by atoms with van der Waals surface area (Å²) in [5.41, 5.74) is 6.45. The summed E-state index contributed by atoms with van der Waals surface area (Å²) in [6, 6.07) is 18.3. The molecule has 0 radical (unpaired) electrons. The predicted molar refractivity (Wildman–Crippen MR) is 95.3 cm³/mol. The summed E-state index contributed by atoms with van der Waals surface area (Å²) in [5, 5.41) is 4.15. The van der Waals surface area contributed by atoms with Gasteiger partial charge in [-0.1, -0.05) is 80.6 Å². The molecule has 1 nitrogen and oxygen atoms in total. The molecule has 6 rings (SSSR count). The van der Waals surface area contributed by atoms with Gasteiger partial charge in [-0.15, -0.1) is 0 Å². The lowest BCUT2D eigenvalue weighted by Crippen LogP contribution is -2.67. The zero-order valence-electron chi connectivity index (χ0n) is 13.8. The van der Waals surface area contributed by atoms with Gasteiger partial charge in [0.05, 0.1) is 0 Å². The van der Waals surface area contributed by atoms with E-state index in [0.29, 0.717) is 0 Å². The standard InChI is InChI=1S/C22H25N/c1-2-8-14-21-16-22(23-21,15-9-3-1)20-13-7-5-11-18(20)17-10-4-6-12-19(17)21/h4-7,10-13,23H,1-3,8-9,14-16H2. The van der Waals surface area contributed by atoms with Gasteiger partial charge in [0.25, 0.3) is 0 Å². The second kappa shape index (κ2) is 4.95. The Balaban J connectivity index is 1.75. The molecule has 1 heteroatoms. The van der Waals surface area contributed by atoms with Crippen molar-refractivity contribution in [3.05, 3.63) is 59.7 Å². The molecule has 2 aromatic rings.